The van der Waals surface area contributed by atoms with Crippen molar-refractivity contribution >= 4 is 5.97 Å². The molecule has 0 amide bonds. The highest BCUT2D eigenvalue weighted by molar-refractivity contribution is 5.71. The van der Waals surface area contributed by atoms with Gasteiger partial charge < -0.3 is 15.2 Å². The molecule has 1 aliphatic heterocycles. The Morgan fingerprint density at radius 1 is 1.27 bits per heavy atom. The highest BCUT2D eigenvalue weighted by Crippen LogP contribution is 2.38. The molecule has 0 radical (unpaired) electrons. The fourth-order valence-electron chi connectivity index (χ4n) is 3.58. The average Bonchev–Trinajstić information content (AvgIpc) is 3.15. The molecule has 2 N–H and O–H groups in total. The van der Waals surface area contributed by atoms with Crippen molar-refractivity contribution < 1.29 is 14.6 Å². The van der Waals surface area contributed by atoms with E-state index in [2.05, 4.69) is 31.3 Å². The molecule has 2 unspecified atom stereocenters. The minimum Gasteiger partial charge on any atom is -0.490 e. The smallest absolute Gasteiger partial charge is 0.307 e. The van der Waals surface area contributed by atoms with Crippen molar-refractivity contribution in [3.63, 3.8) is 0 Å². The fourth-order valence-corrected chi connectivity index (χ4v) is 3.58. The van der Waals surface area contributed by atoms with E-state index in [1.807, 2.05) is 0 Å². The molecule has 1 saturated heterocycles. The number of carboxylic acid groups (broad SMARTS) is 1. The molecule has 4 heteroatoms. The Kier molecular flexibility index (Phi) is 4.39. The number of aryl methyl sites for hydroxylation is 1. The van der Waals surface area contributed by atoms with Crippen LogP contribution in [0.3, 0.4) is 0 Å². The van der Waals surface area contributed by atoms with Gasteiger partial charge in [0.15, 0.2) is 0 Å². The van der Waals surface area contributed by atoms with E-state index in [9.17, 15) is 9.90 Å². The summed E-state index contributed by atoms with van der Waals surface area (Å²) in [4.78, 5) is 11.2. The Hall–Kier alpha value is -1.55. The van der Waals surface area contributed by atoms with Gasteiger partial charge in [0.1, 0.15) is 5.75 Å². The van der Waals surface area contributed by atoms with E-state index in [1.54, 1.807) is 0 Å². The quantitative estimate of drug-likeness (QED) is 0.895. The second-order valence-electron chi connectivity index (χ2n) is 6.68. The average molecular weight is 303 g/mol. The summed E-state index contributed by atoms with van der Waals surface area (Å²) in [6, 6.07) is 4.30. The molecule has 3 rings (SSSR count). The number of nitrogens with one attached hydrogen (secondary N) is 1. The van der Waals surface area contributed by atoms with Gasteiger partial charge in [0.05, 0.1) is 12.0 Å². The molecular weight excluding hydrogens is 278 g/mol. The van der Waals surface area contributed by atoms with Gasteiger partial charge in [-0.1, -0.05) is 12.1 Å². The second kappa shape index (κ2) is 6.29. The minimum atomic E-state index is -0.711. The third kappa shape index (κ3) is 2.98. The fraction of sp³-hybridized carbons (Fsp3) is 0.611. The summed E-state index contributed by atoms with van der Waals surface area (Å²) in [5, 5.41) is 12.6. The van der Waals surface area contributed by atoms with Crippen molar-refractivity contribution in [3.05, 3.63) is 28.8 Å². The number of hydrogen-bond donors (Lipinski definition) is 2. The third-order valence-electron chi connectivity index (χ3n) is 5.15. The number of aliphatic carboxylic acids is 1. The van der Waals surface area contributed by atoms with Crippen LogP contribution in [0.2, 0.25) is 0 Å². The van der Waals surface area contributed by atoms with E-state index in [4.69, 9.17) is 4.74 Å². The summed E-state index contributed by atoms with van der Waals surface area (Å²) >= 11 is 0. The van der Waals surface area contributed by atoms with Gasteiger partial charge in [-0.15, -0.1) is 0 Å². The first-order chi connectivity index (χ1) is 10.6. The molecule has 22 heavy (non-hydrogen) atoms. The zero-order valence-electron chi connectivity index (χ0n) is 13.4. The molecule has 2 atom stereocenters. The predicted molar refractivity (Wildman–Crippen MR) is 85.3 cm³/mol. The molecule has 120 valence electrons. The first-order valence-corrected chi connectivity index (χ1v) is 8.29. The van der Waals surface area contributed by atoms with Crippen LogP contribution in [0, 0.1) is 19.8 Å². The van der Waals surface area contributed by atoms with Gasteiger partial charge in [-0.25, -0.2) is 0 Å². The maximum Gasteiger partial charge on any atom is 0.307 e. The number of benzene rings is 1. The monoisotopic (exact) mass is 303 g/mol. The lowest BCUT2D eigenvalue weighted by Gasteiger charge is -2.23. The first kappa shape index (κ1) is 15.3. The molecule has 0 spiro atoms. The number of rotatable bonds is 4. The van der Waals surface area contributed by atoms with Crippen molar-refractivity contribution in [2.24, 2.45) is 5.92 Å². The van der Waals surface area contributed by atoms with E-state index >= 15 is 0 Å². The van der Waals surface area contributed by atoms with Crippen LogP contribution in [0.4, 0.5) is 0 Å². The van der Waals surface area contributed by atoms with E-state index in [1.165, 1.54) is 24.0 Å². The lowest BCUT2D eigenvalue weighted by Crippen LogP contribution is -2.19. The number of hydrogen-bond acceptors (Lipinski definition) is 3. The standard InChI is InChI=1S/C18H25NO3/c1-11-7-8-15(16-9-13(10-19-16)18(20)21)17(12(11)2)22-14-5-3-4-6-14/h7-8,13-14,16,19H,3-6,9-10H2,1-2H3,(H,20,21). The topological polar surface area (TPSA) is 58.6 Å². The summed E-state index contributed by atoms with van der Waals surface area (Å²) in [7, 11) is 0. The maximum atomic E-state index is 11.2. The van der Waals surface area contributed by atoms with Crippen molar-refractivity contribution in [2.75, 3.05) is 6.54 Å². The Labute approximate surface area is 131 Å². The van der Waals surface area contributed by atoms with Crippen LogP contribution in [0.15, 0.2) is 12.1 Å². The second-order valence-corrected chi connectivity index (χ2v) is 6.68. The molecule has 2 fully saturated rings. The zero-order chi connectivity index (χ0) is 15.7. The van der Waals surface area contributed by atoms with Crippen molar-refractivity contribution in [2.45, 2.75) is 58.1 Å². The molecule has 0 aromatic heterocycles. The molecule has 1 aromatic carbocycles. The van der Waals surface area contributed by atoms with Crippen molar-refractivity contribution in [1.29, 1.82) is 0 Å². The normalized spacial score (nSPS) is 25.5. The maximum absolute atomic E-state index is 11.2. The van der Waals surface area contributed by atoms with Gasteiger partial charge >= 0.3 is 5.97 Å². The van der Waals surface area contributed by atoms with Gasteiger partial charge in [-0.05, 0) is 57.1 Å². The number of ether oxygens (including phenoxy) is 1. The van der Waals surface area contributed by atoms with Crippen LogP contribution in [0.5, 0.6) is 5.75 Å². The van der Waals surface area contributed by atoms with Crippen LogP contribution in [0.25, 0.3) is 0 Å². The molecule has 2 aliphatic rings. The lowest BCUT2D eigenvalue weighted by atomic mass is 9.95. The molecule has 0 bridgehead atoms. The van der Waals surface area contributed by atoms with Crippen LogP contribution in [-0.2, 0) is 4.79 Å². The SMILES string of the molecule is Cc1ccc(C2CC(C(=O)O)CN2)c(OC2CCCC2)c1C. The van der Waals surface area contributed by atoms with Gasteiger partial charge in [-0.2, -0.15) is 0 Å². The summed E-state index contributed by atoms with van der Waals surface area (Å²) in [5.41, 5.74) is 3.54. The molecule has 1 aliphatic carbocycles. The third-order valence-corrected chi connectivity index (χ3v) is 5.15. The Morgan fingerprint density at radius 2 is 2.00 bits per heavy atom. The van der Waals surface area contributed by atoms with Crippen molar-refractivity contribution in [1.82, 2.24) is 5.32 Å². The van der Waals surface area contributed by atoms with Gasteiger partial charge in [0, 0.05) is 18.2 Å². The van der Waals surface area contributed by atoms with E-state index in [0.29, 0.717) is 19.1 Å². The largest absolute Gasteiger partial charge is 0.490 e. The van der Waals surface area contributed by atoms with Crippen LogP contribution < -0.4 is 10.1 Å². The first-order valence-electron chi connectivity index (χ1n) is 8.29. The van der Waals surface area contributed by atoms with Gasteiger partial charge in [0.25, 0.3) is 0 Å². The number of carboxylic acids is 1. The lowest BCUT2D eigenvalue weighted by molar-refractivity contribution is -0.141. The number of carbonyl (C=O) groups is 1. The van der Waals surface area contributed by atoms with Gasteiger partial charge in [0.2, 0.25) is 0 Å². The summed E-state index contributed by atoms with van der Waals surface area (Å²) in [6.45, 7) is 4.74. The highest BCUT2D eigenvalue weighted by Gasteiger charge is 2.32. The van der Waals surface area contributed by atoms with E-state index in [0.717, 1.165) is 24.2 Å². The summed E-state index contributed by atoms with van der Waals surface area (Å²) in [5.74, 6) is -0.0292. The van der Waals surface area contributed by atoms with Crippen molar-refractivity contribution in [3.8, 4) is 5.75 Å². The van der Waals surface area contributed by atoms with E-state index < -0.39 is 5.97 Å². The Bertz CT molecular complexity index is 564. The van der Waals surface area contributed by atoms with E-state index in [-0.39, 0.29) is 12.0 Å². The van der Waals surface area contributed by atoms with Crippen LogP contribution >= 0.6 is 0 Å². The molecule has 4 nitrogen and oxygen atoms in total. The molecule has 1 aromatic rings. The molecule has 1 saturated carbocycles. The van der Waals surface area contributed by atoms with Crippen LogP contribution in [0.1, 0.15) is 54.8 Å². The predicted octanol–water partition coefficient (Wildman–Crippen LogP) is 3.36. The Balaban J connectivity index is 1.86. The Morgan fingerprint density at radius 3 is 2.64 bits per heavy atom. The molecule has 1 heterocycles. The zero-order valence-corrected chi connectivity index (χ0v) is 13.4. The van der Waals surface area contributed by atoms with Gasteiger partial charge in [-0.3, -0.25) is 4.79 Å². The molecular formula is C18H25NO3. The summed E-state index contributed by atoms with van der Waals surface area (Å²) in [6.07, 6.45) is 5.70. The minimum absolute atomic E-state index is 0.0804. The summed E-state index contributed by atoms with van der Waals surface area (Å²) < 4.78 is 6.34. The van der Waals surface area contributed by atoms with Crippen LogP contribution in [-0.4, -0.2) is 23.7 Å². The highest BCUT2D eigenvalue weighted by atomic mass is 16.5.